The van der Waals surface area contributed by atoms with Crippen LogP contribution in [0.25, 0.3) is 0 Å². The normalized spacial score (nSPS) is 25.4. The molecule has 168 valence electrons. The molecule has 3 atom stereocenters. The van der Waals surface area contributed by atoms with Crippen molar-refractivity contribution in [2.24, 2.45) is 4.99 Å². The Morgan fingerprint density at radius 1 is 1.13 bits per heavy atom. The molecule has 2 aliphatic heterocycles. The van der Waals surface area contributed by atoms with Gasteiger partial charge in [-0.1, -0.05) is 37.3 Å². The maximum atomic E-state index is 4.95. The molecule has 2 aliphatic rings. The number of hydrogen-bond donors (Lipinski definition) is 2. The van der Waals surface area contributed by atoms with Crippen LogP contribution >= 0.6 is 0 Å². The zero-order valence-corrected chi connectivity index (χ0v) is 19.5. The summed E-state index contributed by atoms with van der Waals surface area (Å²) in [6.07, 6.45) is 1.16. The van der Waals surface area contributed by atoms with Crippen LogP contribution in [0.4, 0.5) is 0 Å². The number of likely N-dealkylation sites (N-methyl/N-ethyl adjacent to an activating group) is 1. The van der Waals surface area contributed by atoms with Gasteiger partial charge in [0, 0.05) is 63.9 Å². The molecule has 1 aromatic rings. The molecule has 0 aliphatic carbocycles. The third kappa shape index (κ3) is 6.69. The minimum absolute atomic E-state index is 0.449. The molecule has 0 aromatic heterocycles. The van der Waals surface area contributed by atoms with Crippen LogP contribution in [-0.2, 0) is 6.54 Å². The largest absolute Gasteiger partial charge is 0.357 e. The van der Waals surface area contributed by atoms with E-state index in [1.807, 2.05) is 0 Å². The van der Waals surface area contributed by atoms with Gasteiger partial charge in [-0.15, -0.1) is 0 Å². The Kier molecular flexibility index (Phi) is 8.97. The molecule has 0 radical (unpaired) electrons. The van der Waals surface area contributed by atoms with Gasteiger partial charge in [0.2, 0.25) is 0 Å². The molecule has 3 rings (SSSR count). The highest BCUT2D eigenvalue weighted by molar-refractivity contribution is 5.80. The van der Waals surface area contributed by atoms with Crippen LogP contribution < -0.4 is 10.6 Å². The van der Waals surface area contributed by atoms with Gasteiger partial charge < -0.3 is 15.5 Å². The van der Waals surface area contributed by atoms with E-state index in [2.05, 4.69) is 83.4 Å². The molecule has 3 unspecified atom stereocenters. The molecule has 2 heterocycles. The van der Waals surface area contributed by atoms with E-state index in [9.17, 15) is 0 Å². The summed E-state index contributed by atoms with van der Waals surface area (Å²) in [7, 11) is 0. The number of aliphatic imine (C=N–C) groups is 1. The molecule has 0 bridgehead atoms. The molecule has 0 amide bonds. The summed E-state index contributed by atoms with van der Waals surface area (Å²) < 4.78 is 0. The Bertz CT molecular complexity index is 640. The van der Waals surface area contributed by atoms with Crippen molar-refractivity contribution in [1.82, 2.24) is 25.3 Å². The van der Waals surface area contributed by atoms with Crippen molar-refractivity contribution in [3.8, 4) is 0 Å². The number of likely N-dealkylation sites (tertiary alicyclic amines) is 1. The number of nitrogens with zero attached hydrogens (tertiary/aromatic N) is 4. The molecule has 6 heteroatoms. The van der Waals surface area contributed by atoms with Crippen LogP contribution in [-0.4, -0.2) is 91.1 Å². The average molecular weight is 415 g/mol. The van der Waals surface area contributed by atoms with E-state index < -0.39 is 0 Å². The van der Waals surface area contributed by atoms with Gasteiger partial charge in [-0.3, -0.25) is 14.8 Å². The van der Waals surface area contributed by atoms with Crippen molar-refractivity contribution in [2.45, 2.75) is 58.8 Å². The molecular formula is C24H42N6. The van der Waals surface area contributed by atoms with Crippen molar-refractivity contribution < 1.29 is 0 Å². The second-order valence-electron chi connectivity index (χ2n) is 8.88. The van der Waals surface area contributed by atoms with E-state index in [1.54, 1.807) is 0 Å². The molecule has 0 spiro atoms. The highest BCUT2D eigenvalue weighted by Crippen LogP contribution is 2.20. The fraction of sp³-hybridized carbons (Fsp3) is 0.708. The molecule has 30 heavy (non-hydrogen) atoms. The van der Waals surface area contributed by atoms with E-state index in [0.29, 0.717) is 18.1 Å². The third-order valence-electron chi connectivity index (χ3n) is 6.61. The first-order chi connectivity index (χ1) is 14.6. The maximum Gasteiger partial charge on any atom is 0.191 e. The maximum absolute atomic E-state index is 4.95. The standard InChI is InChI=1S/C24H42N6/c1-5-25-24(26-17-21(4)29-14-12-28(6-2)13-15-29)27-23-16-20(3)30(19-23)18-22-10-8-7-9-11-22/h7-11,20-21,23H,5-6,12-19H2,1-4H3,(H2,25,26,27). The van der Waals surface area contributed by atoms with Gasteiger partial charge in [-0.05, 0) is 39.3 Å². The predicted molar refractivity (Wildman–Crippen MR) is 127 cm³/mol. The average Bonchev–Trinajstić information content (AvgIpc) is 3.11. The van der Waals surface area contributed by atoms with Crippen LogP contribution in [0.15, 0.2) is 35.3 Å². The molecule has 2 saturated heterocycles. The molecule has 0 saturated carbocycles. The summed E-state index contributed by atoms with van der Waals surface area (Å²) in [5, 5.41) is 7.16. The van der Waals surface area contributed by atoms with E-state index in [1.165, 1.54) is 18.7 Å². The van der Waals surface area contributed by atoms with Crippen molar-refractivity contribution in [3.63, 3.8) is 0 Å². The summed E-state index contributed by atoms with van der Waals surface area (Å²) in [5.74, 6) is 0.968. The lowest BCUT2D eigenvalue weighted by Crippen LogP contribution is -2.50. The fourth-order valence-electron chi connectivity index (χ4n) is 4.61. The Balaban J connectivity index is 1.49. The number of rotatable bonds is 8. The zero-order chi connectivity index (χ0) is 21.3. The quantitative estimate of drug-likeness (QED) is 0.505. The monoisotopic (exact) mass is 414 g/mol. The Morgan fingerprint density at radius 3 is 2.53 bits per heavy atom. The third-order valence-corrected chi connectivity index (χ3v) is 6.61. The van der Waals surface area contributed by atoms with Crippen molar-refractivity contribution in [1.29, 1.82) is 0 Å². The van der Waals surface area contributed by atoms with E-state index in [0.717, 1.165) is 58.2 Å². The summed E-state index contributed by atoms with van der Waals surface area (Å²) in [5.41, 5.74) is 1.39. The van der Waals surface area contributed by atoms with Gasteiger partial charge in [0.25, 0.3) is 0 Å². The van der Waals surface area contributed by atoms with Gasteiger partial charge in [-0.25, -0.2) is 0 Å². The summed E-state index contributed by atoms with van der Waals surface area (Å²) in [6.45, 7) is 18.7. The number of hydrogen-bond acceptors (Lipinski definition) is 4. The SMILES string of the molecule is CCNC(=NCC(C)N1CCN(CC)CC1)NC1CC(C)N(Cc2ccccc2)C1. The molecule has 1 aromatic carbocycles. The van der Waals surface area contributed by atoms with Crippen molar-refractivity contribution in [2.75, 3.05) is 52.4 Å². The number of nitrogens with one attached hydrogen (secondary N) is 2. The topological polar surface area (TPSA) is 46.1 Å². The lowest BCUT2D eigenvalue weighted by Gasteiger charge is -2.37. The van der Waals surface area contributed by atoms with Crippen LogP contribution in [0.3, 0.4) is 0 Å². The van der Waals surface area contributed by atoms with Gasteiger partial charge in [0.15, 0.2) is 5.96 Å². The van der Waals surface area contributed by atoms with Crippen molar-refractivity contribution >= 4 is 5.96 Å². The lowest BCUT2D eigenvalue weighted by atomic mass is 10.2. The second kappa shape index (κ2) is 11.7. The van der Waals surface area contributed by atoms with Gasteiger partial charge in [0.1, 0.15) is 0 Å². The fourth-order valence-corrected chi connectivity index (χ4v) is 4.61. The van der Waals surface area contributed by atoms with Crippen LogP contribution in [0.5, 0.6) is 0 Å². The first kappa shape index (κ1) is 23.0. The summed E-state index contributed by atoms with van der Waals surface area (Å²) in [6, 6.07) is 12.3. The van der Waals surface area contributed by atoms with Crippen LogP contribution in [0.1, 0.15) is 39.7 Å². The molecular weight excluding hydrogens is 372 g/mol. The lowest BCUT2D eigenvalue weighted by molar-refractivity contribution is 0.109. The van der Waals surface area contributed by atoms with Gasteiger partial charge >= 0.3 is 0 Å². The van der Waals surface area contributed by atoms with Crippen molar-refractivity contribution in [3.05, 3.63) is 35.9 Å². The molecule has 2 fully saturated rings. The van der Waals surface area contributed by atoms with E-state index >= 15 is 0 Å². The minimum atomic E-state index is 0.449. The number of piperazine rings is 1. The van der Waals surface area contributed by atoms with Gasteiger partial charge in [0.05, 0.1) is 6.54 Å². The Morgan fingerprint density at radius 2 is 1.87 bits per heavy atom. The summed E-state index contributed by atoms with van der Waals surface area (Å²) in [4.78, 5) is 12.6. The first-order valence-electron chi connectivity index (χ1n) is 11.9. The predicted octanol–water partition coefficient (Wildman–Crippen LogP) is 2.23. The van der Waals surface area contributed by atoms with Crippen LogP contribution in [0.2, 0.25) is 0 Å². The highest BCUT2D eigenvalue weighted by atomic mass is 15.3. The highest BCUT2D eigenvalue weighted by Gasteiger charge is 2.29. The first-order valence-corrected chi connectivity index (χ1v) is 11.9. The number of benzene rings is 1. The second-order valence-corrected chi connectivity index (χ2v) is 8.88. The van der Waals surface area contributed by atoms with E-state index in [-0.39, 0.29) is 0 Å². The number of guanidine groups is 1. The van der Waals surface area contributed by atoms with E-state index in [4.69, 9.17) is 4.99 Å². The zero-order valence-electron chi connectivity index (χ0n) is 19.5. The van der Waals surface area contributed by atoms with Gasteiger partial charge in [-0.2, -0.15) is 0 Å². The smallest absolute Gasteiger partial charge is 0.191 e. The molecule has 6 nitrogen and oxygen atoms in total. The Hall–Kier alpha value is -1.63. The minimum Gasteiger partial charge on any atom is -0.357 e. The van der Waals surface area contributed by atoms with Crippen LogP contribution in [0, 0.1) is 0 Å². The summed E-state index contributed by atoms with van der Waals surface area (Å²) >= 11 is 0. The Labute approximate surface area is 183 Å². The molecule has 2 N–H and O–H groups in total.